The summed E-state index contributed by atoms with van der Waals surface area (Å²) in [5.41, 5.74) is -1.26. The van der Waals surface area contributed by atoms with Crippen LogP contribution in [0.25, 0.3) is 0 Å². The third-order valence-corrected chi connectivity index (χ3v) is 9.77. The number of hydrogen-bond donors (Lipinski definition) is 2. The van der Waals surface area contributed by atoms with E-state index in [9.17, 15) is 14.5 Å². The molecular weight excluding hydrogens is 523 g/mol. The molecule has 0 aliphatic carbocycles. The van der Waals surface area contributed by atoms with Gasteiger partial charge in [0.1, 0.15) is 0 Å². The molecule has 0 radical (unpaired) electrons. The Morgan fingerprint density at radius 2 is 1.54 bits per heavy atom. The second kappa shape index (κ2) is 22.2. The Morgan fingerprint density at radius 3 is 2.11 bits per heavy atom. The SMILES string of the molecule is CCCCCCCCCCCCSC(CCC)C(CSCCCOC(O)(P=O)C(=O)O)c1ccccc1. The Balaban J connectivity index is 2.44. The molecule has 0 heterocycles. The van der Waals surface area contributed by atoms with E-state index >= 15 is 0 Å². The minimum Gasteiger partial charge on any atom is -0.477 e. The molecule has 0 aliphatic heterocycles. The molecule has 8 heteroatoms. The molecule has 212 valence electrons. The molecule has 0 fully saturated rings. The number of carboxylic acid groups (broad SMARTS) is 1. The van der Waals surface area contributed by atoms with Crippen molar-refractivity contribution in [1.82, 2.24) is 0 Å². The van der Waals surface area contributed by atoms with Crippen molar-refractivity contribution in [3.8, 4) is 0 Å². The molecular formula is C29H49O5PS2. The van der Waals surface area contributed by atoms with Crippen molar-refractivity contribution in [2.24, 2.45) is 0 Å². The van der Waals surface area contributed by atoms with Crippen molar-refractivity contribution in [2.75, 3.05) is 23.9 Å². The van der Waals surface area contributed by atoms with E-state index in [1.165, 1.54) is 88.4 Å². The topological polar surface area (TPSA) is 83.8 Å². The minimum atomic E-state index is -2.64. The number of thioether (sulfide) groups is 2. The first-order valence-corrected chi connectivity index (χ1v) is 17.2. The Kier molecular flexibility index (Phi) is 20.7. The summed E-state index contributed by atoms with van der Waals surface area (Å²) in [6.45, 7) is 4.58. The summed E-state index contributed by atoms with van der Waals surface area (Å²) in [4.78, 5) is 11.0. The van der Waals surface area contributed by atoms with Gasteiger partial charge in [-0.25, -0.2) is 4.79 Å². The Labute approximate surface area is 235 Å². The van der Waals surface area contributed by atoms with E-state index in [0.717, 1.165) is 11.5 Å². The summed E-state index contributed by atoms with van der Waals surface area (Å²) in [6, 6.07) is 10.8. The molecule has 0 spiro atoms. The quantitative estimate of drug-likeness (QED) is 0.0688. The number of rotatable bonds is 25. The maximum atomic E-state index is 11.0. The monoisotopic (exact) mass is 572 g/mol. The van der Waals surface area contributed by atoms with Crippen LogP contribution in [0.2, 0.25) is 0 Å². The predicted molar refractivity (Wildman–Crippen MR) is 160 cm³/mol. The highest BCUT2D eigenvalue weighted by Crippen LogP contribution is 2.35. The first kappa shape index (κ1) is 34.4. The summed E-state index contributed by atoms with van der Waals surface area (Å²) in [7, 11) is -0.956. The predicted octanol–water partition coefficient (Wildman–Crippen LogP) is 8.76. The lowest BCUT2D eigenvalue weighted by Crippen LogP contribution is -2.35. The van der Waals surface area contributed by atoms with Crippen LogP contribution in [0.4, 0.5) is 0 Å². The lowest BCUT2D eigenvalue weighted by Gasteiger charge is -2.27. The molecule has 2 N–H and O–H groups in total. The molecule has 0 amide bonds. The van der Waals surface area contributed by atoms with Crippen LogP contribution in [0.3, 0.4) is 0 Å². The average Bonchev–Trinajstić information content (AvgIpc) is 2.91. The van der Waals surface area contributed by atoms with Crippen LogP contribution < -0.4 is 0 Å². The molecule has 1 aromatic carbocycles. The fourth-order valence-corrected chi connectivity index (χ4v) is 7.41. The summed E-state index contributed by atoms with van der Waals surface area (Å²) in [6.07, 6.45) is 16.6. The molecule has 37 heavy (non-hydrogen) atoms. The van der Waals surface area contributed by atoms with Crippen molar-refractivity contribution in [1.29, 1.82) is 0 Å². The highest BCUT2D eigenvalue weighted by molar-refractivity contribution is 8.00. The van der Waals surface area contributed by atoms with Crippen LogP contribution in [0, 0.1) is 0 Å². The number of carbonyl (C=O) groups is 1. The van der Waals surface area contributed by atoms with Crippen LogP contribution in [0.5, 0.6) is 0 Å². The minimum absolute atomic E-state index is 0.0485. The number of hydrogen-bond acceptors (Lipinski definition) is 6. The normalized spacial score (nSPS) is 14.9. The van der Waals surface area contributed by atoms with E-state index in [1.807, 2.05) is 11.8 Å². The maximum absolute atomic E-state index is 11.0. The van der Waals surface area contributed by atoms with Crippen LogP contribution in [-0.4, -0.2) is 50.8 Å². The molecule has 3 atom stereocenters. The van der Waals surface area contributed by atoms with Gasteiger partial charge in [-0.3, -0.25) is 4.57 Å². The van der Waals surface area contributed by atoms with E-state index in [4.69, 9.17) is 9.84 Å². The third-order valence-electron chi connectivity index (χ3n) is 6.52. The third kappa shape index (κ3) is 15.6. The second-order valence-corrected chi connectivity index (χ2v) is 13.0. The van der Waals surface area contributed by atoms with Gasteiger partial charge in [0.2, 0.25) is 8.46 Å². The summed E-state index contributed by atoms with van der Waals surface area (Å²) >= 11 is 3.97. The first-order valence-electron chi connectivity index (χ1n) is 14.2. The Bertz CT molecular complexity index is 709. The Morgan fingerprint density at radius 1 is 0.919 bits per heavy atom. The lowest BCUT2D eigenvalue weighted by molar-refractivity contribution is -0.189. The molecule has 0 saturated carbocycles. The van der Waals surface area contributed by atoms with Crippen molar-refractivity contribution < 1.29 is 24.3 Å². The van der Waals surface area contributed by atoms with Gasteiger partial charge in [0.15, 0.2) is 0 Å². The molecule has 1 rings (SSSR count). The highest BCUT2D eigenvalue weighted by atomic mass is 32.2. The zero-order valence-electron chi connectivity index (χ0n) is 22.9. The fraction of sp³-hybridized carbons (Fsp3) is 0.759. The van der Waals surface area contributed by atoms with Gasteiger partial charge in [0.25, 0.3) is 0 Å². The number of aliphatic carboxylic acids is 1. The summed E-state index contributed by atoms with van der Waals surface area (Å²) in [5.74, 6) is 1.81. The van der Waals surface area contributed by atoms with Gasteiger partial charge >= 0.3 is 11.5 Å². The van der Waals surface area contributed by atoms with E-state index in [2.05, 4.69) is 55.9 Å². The van der Waals surface area contributed by atoms with Gasteiger partial charge in [0, 0.05) is 16.9 Å². The van der Waals surface area contributed by atoms with Gasteiger partial charge in [-0.15, -0.1) is 0 Å². The number of benzene rings is 1. The van der Waals surface area contributed by atoms with Gasteiger partial charge < -0.3 is 14.9 Å². The van der Waals surface area contributed by atoms with Crippen molar-refractivity contribution in [2.45, 2.75) is 114 Å². The molecule has 0 bridgehead atoms. The van der Waals surface area contributed by atoms with E-state index in [1.54, 1.807) is 0 Å². The van der Waals surface area contributed by atoms with Gasteiger partial charge in [-0.05, 0) is 36.3 Å². The number of ether oxygens (including phenoxy) is 1. The largest absolute Gasteiger partial charge is 0.477 e. The highest BCUT2D eigenvalue weighted by Gasteiger charge is 2.38. The standard InChI is InChI=1S/C29H49O5PS2/c1-3-5-6-7-8-9-10-11-12-16-23-37-27(18-4-2)26(25-19-14-13-15-20-25)24-36-22-17-21-34-29(32,35-33)28(30)31/h13-15,19-20,26-27,32H,3-12,16-18,21-24H2,1-2H3,(H,30,31). The molecule has 0 aliphatic rings. The van der Waals surface area contributed by atoms with Crippen molar-refractivity contribution in [3.63, 3.8) is 0 Å². The zero-order chi connectivity index (χ0) is 27.2. The van der Waals surface area contributed by atoms with E-state index in [0.29, 0.717) is 17.6 Å². The summed E-state index contributed by atoms with van der Waals surface area (Å²) < 4.78 is 15.9. The molecule has 5 nitrogen and oxygen atoms in total. The van der Waals surface area contributed by atoms with Crippen LogP contribution in [0.1, 0.15) is 109 Å². The van der Waals surface area contributed by atoms with Gasteiger partial charge in [-0.2, -0.15) is 23.5 Å². The van der Waals surface area contributed by atoms with Gasteiger partial charge in [-0.1, -0.05) is 108 Å². The number of unbranched alkanes of at least 4 members (excludes halogenated alkanes) is 9. The molecule has 0 aromatic heterocycles. The number of carboxylic acids is 1. The Hall–Kier alpha value is -0.590. The maximum Gasteiger partial charge on any atom is 0.377 e. The van der Waals surface area contributed by atoms with E-state index in [-0.39, 0.29) is 6.61 Å². The first-order chi connectivity index (χ1) is 18.0. The van der Waals surface area contributed by atoms with Crippen molar-refractivity contribution in [3.05, 3.63) is 35.9 Å². The smallest absolute Gasteiger partial charge is 0.377 e. The zero-order valence-corrected chi connectivity index (χ0v) is 25.5. The summed E-state index contributed by atoms with van der Waals surface area (Å²) in [5, 5.41) is 19.2. The van der Waals surface area contributed by atoms with Crippen LogP contribution in [-0.2, 0) is 14.1 Å². The van der Waals surface area contributed by atoms with Crippen LogP contribution >= 0.6 is 32.0 Å². The van der Waals surface area contributed by atoms with Crippen molar-refractivity contribution >= 4 is 38.0 Å². The van der Waals surface area contributed by atoms with Crippen LogP contribution in [0.15, 0.2) is 30.3 Å². The lowest BCUT2D eigenvalue weighted by atomic mass is 9.95. The average molecular weight is 573 g/mol. The van der Waals surface area contributed by atoms with E-state index < -0.39 is 20.0 Å². The second-order valence-electron chi connectivity index (χ2n) is 9.68. The molecule has 1 aromatic rings. The van der Waals surface area contributed by atoms with Gasteiger partial charge in [0.05, 0.1) is 6.61 Å². The fourth-order valence-electron chi connectivity index (χ4n) is 4.34. The molecule has 0 saturated heterocycles. The number of aliphatic hydroxyl groups is 1. The molecule has 3 unspecified atom stereocenters.